The van der Waals surface area contributed by atoms with Gasteiger partial charge in [-0.05, 0) is 44.0 Å². The first-order chi connectivity index (χ1) is 15.8. The molecular formula is C23H25N3O6S. The number of hydrogen-bond acceptors (Lipinski definition) is 7. The molecule has 1 unspecified atom stereocenters. The maximum atomic E-state index is 13.5. The molecule has 174 valence electrons. The lowest BCUT2D eigenvalue weighted by Crippen LogP contribution is -2.30. The van der Waals surface area contributed by atoms with E-state index >= 15 is 0 Å². The van der Waals surface area contributed by atoms with Crippen molar-refractivity contribution < 1.29 is 27.7 Å². The van der Waals surface area contributed by atoms with Crippen LogP contribution in [0.3, 0.4) is 0 Å². The summed E-state index contributed by atoms with van der Waals surface area (Å²) < 4.78 is 46.3. The van der Waals surface area contributed by atoms with Crippen molar-refractivity contribution >= 4 is 15.7 Å². The zero-order chi connectivity index (χ0) is 23.2. The highest BCUT2D eigenvalue weighted by Gasteiger charge is 2.35. The van der Waals surface area contributed by atoms with E-state index in [9.17, 15) is 13.5 Å². The number of anilines is 1. The molecule has 2 aliphatic heterocycles. The minimum Gasteiger partial charge on any atom is -0.491 e. The Labute approximate surface area is 192 Å². The minimum absolute atomic E-state index is 0.0135. The lowest BCUT2D eigenvalue weighted by atomic mass is 10.2. The number of aromatic nitrogens is 2. The molecule has 5 rings (SSSR count). The first-order valence-corrected chi connectivity index (χ1v) is 12.1. The van der Waals surface area contributed by atoms with Gasteiger partial charge in [-0.1, -0.05) is 18.2 Å². The second-order valence-electron chi connectivity index (χ2n) is 8.12. The molecule has 10 heteroatoms. The van der Waals surface area contributed by atoms with Crippen molar-refractivity contribution in [2.24, 2.45) is 0 Å². The van der Waals surface area contributed by atoms with Crippen LogP contribution in [0.15, 0.2) is 47.4 Å². The smallest absolute Gasteiger partial charge is 0.268 e. The molecule has 33 heavy (non-hydrogen) atoms. The minimum atomic E-state index is -3.78. The largest absolute Gasteiger partial charge is 0.491 e. The third-order valence-electron chi connectivity index (χ3n) is 5.88. The normalized spacial score (nSPS) is 15.5. The summed E-state index contributed by atoms with van der Waals surface area (Å²) in [6.07, 6.45) is -0.214. The number of hydrogen-bond donors (Lipinski definition) is 1. The van der Waals surface area contributed by atoms with Crippen LogP contribution in [-0.4, -0.2) is 49.4 Å². The molecule has 0 fully saturated rings. The molecule has 9 nitrogen and oxygen atoms in total. The Morgan fingerprint density at radius 3 is 2.79 bits per heavy atom. The molecule has 3 aromatic rings. The fourth-order valence-electron chi connectivity index (χ4n) is 4.31. The molecule has 0 amide bonds. The van der Waals surface area contributed by atoms with E-state index in [1.165, 1.54) is 8.99 Å². The molecule has 3 heterocycles. The molecular weight excluding hydrogens is 446 g/mol. The van der Waals surface area contributed by atoms with Crippen LogP contribution in [0.4, 0.5) is 5.69 Å². The van der Waals surface area contributed by atoms with Gasteiger partial charge >= 0.3 is 0 Å². The van der Waals surface area contributed by atoms with Gasteiger partial charge < -0.3 is 19.3 Å². The van der Waals surface area contributed by atoms with Crippen molar-refractivity contribution in [2.75, 3.05) is 24.2 Å². The van der Waals surface area contributed by atoms with Crippen LogP contribution >= 0.6 is 0 Å². The van der Waals surface area contributed by atoms with Gasteiger partial charge in [-0.3, -0.25) is 8.99 Å². The average Bonchev–Trinajstić information content (AvgIpc) is 3.49. The molecule has 2 aromatic carbocycles. The predicted octanol–water partition coefficient (Wildman–Crippen LogP) is 2.42. The second-order valence-corrected chi connectivity index (χ2v) is 9.92. The average molecular weight is 472 g/mol. The number of nitrogens with zero attached hydrogens (tertiary/aromatic N) is 3. The van der Waals surface area contributed by atoms with Gasteiger partial charge in [0.25, 0.3) is 10.0 Å². The van der Waals surface area contributed by atoms with Gasteiger partial charge in [-0.2, -0.15) is 5.10 Å². The van der Waals surface area contributed by atoms with E-state index in [4.69, 9.17) is 14.2 Å². The van der Waals surface area contributed by atoms with E-state index < -0.39 is 16.1 Å². The molecule has 1 N–H and O–H groups in total. The van der Waals surface area contributed by atoms with Crippen molar-refractivity contribution in [2.45, 2.75) is 37.8 Å². The molecule has 0 radical (unpaired) electrons. The van der Waals surface area contributed by atoms with Gasteiger partial charge in [0, 0.05) is 12.6 Å². The van der Waals surface area contributed by atoms with E-state index in [0.29, 0.717) is 47.3 Å². The molecule has 0 aliphatic carbocycles. The Morgan fingerprint density at radius 1 is 1.15 bits per heavy atom. The Balaban J connectivity index is 1.31. The van der Waals surface area contributed by atoms with Gasteiger partial charge in [-0.25, -0.2) is 8.42 Å². The number of aliphatic hydroxyl groups is 1. The van der Waals surface area contributed by atoms with Gasteiger partial charge in [0.05, 0.1) is 23.6 Å². The summed E-state index contributed by atoms with van der Waals surface area (Å²) in [5.74, 6) is 1.79. The number of fused-ring (bicyclic) bond motifs is 2. The van der Waals surface area contributed by atoms with Gasteiger partial charge in [0.2, 0.25) is 6.79 Å². The number of aryl methyl sites for hydroxylation is 1. The maximum Gasteiger partial charge on any atom is 0.268 e. The number of para-hydroxylation sites is 1. The van der Waals surface area contributed by atoms with Crippen molar-refractivity contribution in [3.8, 4) is 17.2 Å². The van der Waals surface area contributed by atoms with Crippen molar-refractivity contribution in [1.82, 2.24) is 9.78 Å². The van der Waals surface area contributed by atoms with E-state index in [-0.39, 0.29) is 24.8 Å². The van der Waals surface area contributed by atoms with Crippen LogP contribution in [0.1, 0.15) is 17.0 Å². The fourth-order valence-corrected chi connectivity index (χ4v) is 6.19. The summed E-state index contributed by atoms with van der Waals surface area (Å²) in [6.45, 7) is 4.07. The van der Waals surface area contributed by atoms with Crippen LogP contribution in [-0.2, 0) is 23.0 Å². The lowest BCUT2D eigenvalue weighted by Gasteiger charge is -2.20. The highest BCUT2D eigenvalue weighted by atomic mass is 32.2. The highest BCUT2D eigenvalue weighted by molar-refractivity contribution is 7.93. The summed E-state index contributed by atoms with van der Waals surface area (Å²) >= 11 is 0. The van der Waals surface area contributed by atoms with Crippen molar-refractivity contribution in [3.63, 3.8) is 0 Å². The monoisotopic (exact) mass is 471 g/mol. The summed E-state index contributed by atoms with van der Waals surface area (Å²) in [5.41, 5.74) is 2.61. The van der Waals surface area contributed by atoms with Gasteiger partial charge in [0.1, 0.15) is 23.4 Å². The quantitative estimate of drug-likeness (QED) is 0.564. The van der Waals surface area contributed by atoms with Crippen LogP contribution in [0.25, 0.3) is 0 Å². The van der Waals surface area contributed by atoms with Gasteiger partial charge in [-0.15, -0.1) is 0 Å². The molecule has 2 aliphatic rings. The highest BCUT2D eigenvalue weighted by Crippen LogP contribution is 2.36. The van der Waals surface area contributed by atoms with Crippen molar-refractivity contribution in [3.05, 3.63) is 59.4 Å². The Morgan fingerprint density at radius 2 is 1.94 bits per heavy atom. The molecule has 0 spiro atoms. The van der Waals surface area contributed by atoms with E-state index in [0.717, 1.165) is 5.56 Å². The SMILES string of the molecule is Cc1nn(CC(O)COc2ccc3c(c2)OCO3)c(C)c1S(=O)(=O)N1CCc2ccccc21. The Bertz CT molecular complexity index is 1300. The number of aliphatic hydroxyl groups excluding tert-OH is 1. The molecule has 1 aromatic heterocycles. The van der Waals surface area contributed by atoms with E-state index in [1.807, 2.05) is 24.3 Å². The number of benzene rings is 2. The van der Waals surface area contributed by atoms with Crippen LogP contribution < -0.4 is 18.5 Å². The maximum absolute atomic E-state index is 13.5. The summed E-state index contributed by atoms with van der Waals surface area (Å²) in [7, 11) is -3.78. The molecule has 0 bridgehead atoms. The number of sulfonamides is 1. The Kier molecular flexibility index (Phi) is 5.41. The van der Waals surface area contributed by atoms with Gasteiger partial charge in [0.15, 0.2) is 11.5 Å². The Hall–Kier alpha value is -3.24. The first-order valence-electron chi connectivity index (χ1n) is 10.7. The zero-order valence-corrected chi connectivity index (χ0v) is 19.2. The second kappa shape index (κ2) is 8.27. The number of rotatable bonds is 7. The van der Waals surface area contributed by atoms with Crippen LogP contribution in [0.2, 0.25) is 0 Å². The van der Waals surface area contributed by atoms with Crippen LogP contribution in [0.5, 0.6) is 17.2 Å². The number of ether oxygens (including phenoxy) is 3. The fraction of sp³-hybridized carbons (Fsp3) is 0.348. The third-order valence-corrected chi connectivity index (χ3v) is 7.94. The van der Waals surface area contributed by atoms with Crippen LogP contribution in [0, 0.1) is 13.8 Å². The van der Waals surface area contributed by atoms with E-state index in [2.05, 4.69) is 5.10 Å². The third kappa shape index (κ3) is 3.89. The lowest BCUT2D eigenvalue weighted by molar-refractivity contribution is 0.0885. The zero-order valence-electron chi connectivity index (χ0n) is 18.4. The van der Waals surface area contributed by atoms with E-state index in [1.54, 1.807) is 32.0 Å². The summed E-state index contributed by atoms with van der Waals surface area (Å²) in [4.78, 5) is 0.183. The summed E-state index contributed by atoms with van der Waals surface area (Å²) in [6, 6.07) is 12.7. The standard InChI is InChI=1S/C23H25N3O6S/c1-15-23(33(28,29)26-10-9-17-5-3-4-6-20(17)26)16(2)25(24-15)12-18(27)13-30-19-7-8-21-22(11-19)32-14-31-21/h3-8,11,18,27H,9-10,12-14H2,1-2H3. The molecule has 1 atom stereocenters. The topological polar surface area (TPSA) is 103 Å². The molecule has 0 saturated carbocycles. The predicted molar refractivity (Wildman–Crippen MR) is 120 cm³/mol. The van der Waals surface area contributed by atoms with Crippen molar-refractivity contribution in [1.29, 1.82) is 0 Å². The summed E-state index contributed by atoms with van der Waals surface area (Å²) in [5, 5.41) is 14.9. The first kappa shape index (κ1) is 21.6. The molecule has 0 saturated heterocycles.